The van der Waals surface area contributed by atoms with Crippen LogP contribution >= 0.6 is 11.8 Å². The van der Waals surface area contributed by atoms with Crippen molar-refractivity contribution in [3.05, 3.63) is 57.9 Å². The molecule has 0 unspecified atom stereocenters. The molecule has 1 aromatic heterocycles. The first kappa shape index (κ1) is 16.8. The second kappa shape index (κ2) is 6.96. The van der Waals surface area contributed by atoms with E-state index < -0.39 is 5.63 Å². The third-order valence-electron chi connectivity index (χ3n) is 4.32. The molecule has 0 radical (unpaired) electrons. The Labute approximate surface area is 154 Å². The zero-order valence-electron chi connectivity index (χ0n) is 14.3. The Kier molecular flexibility index (Phi) is 4.51. The molecule has 0 amide bonds. The Hall–Kier alpha value is -2.60. The maximum Gasteiger partial charge on any atom is 0.336 e. The highest BCUT2D eigenvalue weighted by molar-refractivity contribution is 7.98. The van der Waals surface area contributed by atoms with Gasteiger partial charge in [-0.2, -0.15) is 0 Å². The first-order valence-corrected chi connectivity index (χ1v) is 9.43. The number of aromatic hydroxyl groups is 1. The van der Waals surface area contributed by atoms with Crippen LogP contribution in [0.15, 0.2) is 50.5 Å². The summed E-state index contributed by atoms with van der Waals surface area (Å²) in [5.41, 5.74) is 1.70. The Morgan fingerprint density at radius 2 is 1.85 bits per heavy atom. The van der Waals surface area contributed by atoms with E-state index in [1.54, 1.807) is 11.8 Å². The fourth-order valence-corrected chi connectivity index (χ4v) is 3.90. The summed E-state index contributed by atoms with van der Waals surface area (Å²) in [4.78, 5) is 12.9. The average Bonchev–Trinajstić information content (AvgIpc) is 2.65. The standard InChI is InChI=1S/C20H18O5S/c1-2-12-7-15-13(8-20(22)25-18(15)10-16(12)21)11-26-14-3-4-17-19(9-14)24-6-5-23-17/h3-4,7-10,21H,2,5-6,11H2,1H3. The molecule has 1 N–H and O–H groups in total. The van der Waals surface area contributed by atoms with E-state index in [4.69, 9.17) is 13.9 Å². The van der Waals surface area contributed by atoms with Crippen LogP contribution in [0.3, 0.4) is 0 Å². The predicted octanol–water partition coefficient (Wildman–Crippen LogP) is 4.12. The van der Waals surface area contributed by atoms with Crippen molar-refractivity contribution in [1.29, 1.82) is 0 Å². The van der Waals surface area contributed by atoms with Crippen LogP contribution < -0.4 is 15.1 Å². The van der Waals surface area contributed by atoms with Gasteiger partial charge in [0.15, 0.2) is 11.5 Å². The fraction of sp³-hybridized carbons (Fsp3) is 0.250. The van der Waals surface area contributed by atoms with Crippen LogP contribution in [0.1, 0.15) is 18.1 Å². The molecule has 26 heavy (non-hydrogen) atoms. The zero-order chi connectivity index (χ0) is 18.1. The minimum Gasteiger partial charge on any atom is -0.508 e. The quantitative estimate of drug-likeness (QED) is 0.550. The van der Waals surface area contributed by atoms with E-state index >= 15 is 0 Å². The van der Waals surface area contributed by atoms with Gasteiger partial charge in [0, 0.05) is 28.2 Å². The lowest BCUT2D eigenvalue weighted by molar-refractivity contribution is 0.171. The number of benzene rings is 2. The molecule has 3 aromatic rings. The molecule has 0 saturated heterocycles. The second-order valence-electron chi connectivity index (χ2n) is 6.02. The van der Waals surface area contributed by atoms with Gasteiger partial charge in [-0.05, 0) is 41.8 Å². The molecule has 0 bridgehead atoms. The SMILES string of the molecule is CCc1cc2c(CSc3ccc4c(c3)OCCO4)cc(=O)oc2cc1O. The highest BCUT2D eigenvalue weighted by atomic mass is 32.2. The van der Waals surface area contributed by atoms with E-state index in [0.29, 0.717) is 31.0 Å². The topological polar surface area (TPSA) is 68.9 Å². The first-order valence-electron chi connectivity index (χ1n) is 8.45. The van der Waals surface area contributed by atoms with Crippen molar-refractivity contribution in [3.8, 4) is 17.2 Å². The lowest BCUT2D eigenvalue weighted by atomic mass is 10.1. The van der Waals surface area contributed by atoms with Gasteiger partial charge in [0.05, 0.1) is 0 Å². The van der Waals surface area contributed by atoms with Crippen molar-refractivity contribution in [2.45, 2.75) is 24.0 Å². The highest BCUT2D eigenvalue weighted by Gasteiger charge is 2.13. The molecule has 5 nitrogen and oxygen atoms in total. The summed E-state index contributed by atoms with van der Waals surface area (Å²) in [6, 6.07) is 10.8. The number of fused-ring (bicyclic) bond motifs is 2. The van der Waals surface area contributed by atoms with Crippen molar-refractivity contribution >= 4 is 22.7 Å². The molecule has 0 saturated carbocycles. The Morgan fingerprint density at radius 3 is 2.65 bits per heavy atom. The van der Waals surface area contributed by atoms with Gasteiger partial charge in [-0.3, -0.25) is 0 Å². The molecule has 1 aliphatic heterocycles. The molecule has 0 spiro atoms. The third kappa shape index (κ3) is 3.24. The molecule has 0 aliphatic carbocycles. The molecule has 2 heterocycles. The maximum atomic E-state index is 11.9. The van der Waals surface area contributed by atoms with Gasteiger partial charge in [0.2, 0.25) is 0 Å². The van der Waals surface area contributed by atoms with Crippen LogP contribution in [0.4, 0.5) is 0 Å². The molecule has 0 atom stereocenters. The highest BCUT2D eigenvalue weighted by Crippen LogP contribution is 2.36. The summed E-state index contributed by atoms with van der Waals surface area (Å²) in [6.45, 7) is 3.09. The smallest absolute Gasteiger partial charge is 0.336 e. The monoisotopic (exact) mass is 370 g/mol. The molecule has 134 valence electrons. The normalized spacial score (nSPS) is 13.1. The van der Waals surface area contributed by atoms with Crippen molar-refractivity contribution in [2.24, 2.45) is 0 Å². The predicted molar refractivity (Wildman–Crippen MR) is 101 cm³/mol. The van der Waals surface area contributed by atoms with Gasteiger partial charge in [-0.15, -0.1) is 11.8 Å². The summed E-state index contributed by atoms with van der Waals surface area (Å²) in [7, 11) is 0. The van der Waals surface area contributed by atoms with E-state index in [1.807, 2.05) is 31.2 Å². The van der Waals surface area contributed by atoms with Crippen molar-refractivity contribution in [1.82, 2.24) is 0 Å². The Morgan fingerprint density at radius 1 is 1.04 bits per heavy atom. The van der Waals surface area contributed by atoms with Gasteiger partial charge >= 0.3 is 5.63 Å². The van der Waals surface area contributed by atoms with Crippen LogP contribution in [0.25, 0.3) is 11.0 Å². The van der Waals surface area contributed by atoms with Crippen molar-refractivity contribution < 1.29 is 19.0 Å². The molecule has 2 aromatic carbocycles. The number of rotatable bonds is 4. The van der Waals surface area contributed by atoms with Crippen molar-refractivity contribution in [2.75, 3.05) is 13.2 Å². The zero-order valence-corrected chi connectivity index (χ0v) is 15.1. The van der Waals surface area contributed by atoms with Gasteiger partial charge in [-0.25, -0.2) is 4.79 Å². The van der Waals surface area contributed by atoms with E-state index in [-0.39, 0.29) is 5.75 Å². The van der Waals surface area contributed by atoms with Crippen LogP contribution in [-0.2, 0) is 12.2 Å². The van der Waals surface area contributed by atoms with Gasteiger partial charge in [0.1, 0.15) is 24.5 Å². The number of phenolic OH excluding ortho intramolecular Hbond substituents is 1. The summed E-state index contributed by atoms with van der Waals surface area (Å²) in [5.74, 6) is 2.27. The third-order valence-corrected chi connectivity index (χ3v) is 5.36. The van der Waals surface area contributed by atoms with Gasteiger partial charge in [-0.1, -0.05) is 6.92 Å². The van der Waals surface area contributed by atoms with E-state index in [1.165, 1.54) is 12.1 Å². The summed E-state index contributed by atoms with van der Waals surface area (Å²) >= 11 is 1.61. The van der Waals surface area contributed by atoms with E-state index in [9.17, 15) is 9.90 Å². The molecular formula is C20H18O5S. The van der Waals surface area contributed by atoms with Crippen LogP contribution in [0.2, 0.25) is 0 Å². The molecule has 0 fully saturated rings. The number of hydrogen-bond acceptors (Lipinski definition) is 6. The minimum absolute atomic E-state index is 0.153. The summed E-state index contributed by atoms with van der Waals surface area (Å²) < 4.78 is 16.4. The van der Waals surface area contributed by atoms with Crippen LogP contribution in [0.5, 0.6) is 17.2 Å². The van der Waals surface area contributed by atoms with Gasteiger partial charge < -0.3 is 19.0 Å². The molecular weight excluding hydrogens is 352 g/mol. The number of thioether (sulfide) groups is 1. The Bertz CT molecular complexity index is 1020. The minimum atomic E-state index is -0.418. The molecule has 4 rings (SSSR count). The lowest BCUT2D eigenvalue weighted by Gasteiger charge is -2.18. The molecule has 6 heteroatoms. The van der Waals surface area contributed by atoms with Crippen molar-refractivity contribution in [3.63, 3.8) is 0 Å². The Balaban J connectivity index is 1.65. The number of ether oxygens (including phenoxy) is 2. The summed E-state index contributed by atoms with van der Waals surface area (Å²) in [6.07, 6.45) is 0.704. The van der Waals surface area contributed by atoms with Gasteiger partial charge in [0.25, 0.3) is 0 Å². The lowest BCUT2D eigenvalue weighted by Crippen LogP contribution is -2.15. The fourth-order valence-electron chi connectivity index (χ4n) is 2.98. The maximum absolute atomic E-state index is 11.9. The largest absolute Gasteiger partial charge is 0.508 e. The average molecular weight is 370 g/mol. The van der Waals surface area contributed by atoms with Crippen LogP contribution in [0, 0.1) is 0 Å². The molecule has 1 aliphatic rings. The van der Waals surface area contributed by atoms with E-state index in [0.717, 1.165) is 32.9 Å². The second-order valence-corrected chi connectivity index (χ2v) is 7.06. The van der Waals surface area contributed by atoms with Crippen LogP contribution in [-0.4, -0.2) is 18.3 Å². The summed E-state index contributed by atoms with van der Waals surface area (Å²) in [5, 5.41) is 10.9. The number of phenols is 1. The number of hydrogen-bond donors (Lipinski definition) is 1. The first-order chi connectivity index (χ1) is 12.6. The van der Waals surface area contributed by atoms with E-state index in [2.05, 4.69) is 0 Å². The number of aryl methyl sites for hydroxylation is 1.